The van der Waals surface area contributed by atoms with E-state index in [1.807, 2.05) is 0 Å². The summed E-state index contributed by atoms with van der Waals surface area (Å²) in [7, 11) is -3.66. The van der Waals surface area contributed by atoms with Crippen molar-refractivity contribution in [1.29, 1.82) is 0 Å². The third-order valence-electron chi connectivity index (χ3n) is 3.06. The lowest BCUT2D eigenvalue weighted by Gasteiger charge is -2.21. The molecule has 20 heavy (non-hydrogen) atoms. The van der Waals surface area contributed by atoms with Crippen LogP contribution in [0.5, 0.6) is 0 Å². The molecular formula is C12H15F3N2O2S. The molecule has 112 valence electrons. The number of nitrogens with one attached hydrogen (secondary N) is 1. The van der Waals surface area contributed by atoms with Gasteiger partial charge in [-0.25, -0.2) is 13.1 Å². The zero-order chi connectivity index (χ0) is 15.0. The number of hydrogen-bond acceptors (Lipinski definition) is 3. The van der Waals surface area contributed by atoms with Crippen LogP contribution in [0.1, 0.15) is 12.5 Å². The molecule has 1 aliphatic rings. The zero-order valence-corrected chi connectivity index (χ0v) is 11.7. The quantitative estimate of drug-likeness (QED) is 0.924. The Labute approximate surface area is 115 Å². The molecule has 1 aromatic carbocycles. The van der Waals surface area contributed by atoms with E-state index in [4.69, 9.17) is 0 Å². The van der Waals surface area contributed by atoms with Crippen molar-refractivity contribution in [2.24, 2.45) is 0 Å². The van der Waals surface area contributed by atoms with Crippen LogP contribution < -0.4 is 9.62 Å². The van der Waals surface area contributed by atoms with Crippen molar-refractivity contribution in [3.8, 4) is 0 Å². The first kappa shape index (κ1) is 15.1. The number of nitrogens with zero attached hydrogens (tertiary/aromatic N) is 1. The molecule has 0 bridgehead atoms. The summed E-state index contributed by atoms with van der Waals surface area (Å²) < 4.78 is 63.5. The first-order valence-electron chi connectivity index (χ1n) is 6.17. The Morgan fingerprint density at radius 1 is 1.35 bits per heavy atom. The Morgan fingerprint density at radius 3 is 2.65 bits per heavy atom. The lowest BCUT2D eigenvalue weighted by atomic mass is 10.2. The van der Waals surface area contributed by atoms with Gasteiger partial charge in [-0.3, -0.25) is 0 Å². The SMILES string of the molecule is CCNS(=O)(=O)c1ccc2c(c1)N(CC(F)(F)F)CC2. The zero-order valence-electron chi connectivity index (χ0n) is 10.9. The van der Waals surface area contributed by atoms with Gasteiger partial charge in [-0.15, -0.1) is 0 Å². The second-order valence-electron chi connectivity index (χ2n) is 4.58. The maximum Gasteiger partial charge on any atom is 0.405 e. The second-order valence-corrected chi connectivity index (χ2v) is 6.35. The Hall–Kier alpha value is -1.28. The van der Waals surface area contributed by atoms with Crippen molar-refractivity contribution in [2.45, 2.75) is 24.4 Å². The van der Waals surface area contributed by atoms with Gasteiger partial charge in [-0.1, -0.05) is 13.0 Å². The molecule has 0 atom stereocenters. The number of benzene rings is 1. The largest absolute Gasteiger partial charge is 0.405 e. The molecule has 0 unspecified atom stereocenters. The number of fused-ring (bicyclic) bond motifs is 1. The van der Waals surface area contributed by atoms with Crippen molar-refractivity contribution >= 4 is 15.7 Å². The molecule has 0 radical (unpaired) electrons. The molecular weight excluding hydrogens is 293 g/mol. The van der Waals surface area contributed by atoms with Crippen LogP contribution >= 0.6 is 0 Å². The minimum atomic E-state index is -4.31. The van der Waals surface area contributed by atoms with Crippen LogP contribution in [0.25, 0.3) is 0 Å². The van der Waals surface area contributed by atoms with Crippen LogP contribution in [0.4, 0.5) is 18.9 Å². The normalized spacial score (nSPS) is 15.5. The lowest BCUT2D eigenvalue weighted by Crippen LogP contribution is -2.33. The maximum absolute atomic E-state index is 12.5. The molecule has 0 spiro atoms. The number of alkyl halides is 3. The second kappa shape index (κ2) is 5.25. The van der Waals surface area contributed by atoms with Gasteiger partial charge in [0.2, 0.25) is 10.0 Å². The fourth-order valence-electron chi connectivity index (χ4n) is 2.25. The van der Waals surface area contributed by atoms with Gasteiger partial charge in [0.05, 0.1) is 4.90 Å². The molecule has 0 aromatic heterocycles. The molecule has 0 saturated heterocycles. The molecule has 1 aromatic rings. The van der Waals surface area contributed by atoms with Crippen LogP contribution in [0.3, 0.4) is 0 Å². The summed E-state index contributed by atoms with van der Waals surface area (Å²) in [6.45, 7) is 1.05. The number of sulfonamides is 1. The fourth-order valence-corrected chi connectivity index (χ4v) is 3.31. The molecule has 0 saturated carbocycles. The van der Waals surface area contributed by atoms with Crippen molar-refractivity contribution in [3.05, 3.63) is 23.8 Å². The summed E-state index contributed by atoms with van der Waals surface area (Å²) in [5, 5.41) is 0. The molecule has 1 aliphatic heterocycles. The third-order valence-corrected chi connectivity index (χ3v) is 4.61. The predicted octanol–water partition coefficient (Wildman–Crippen LogP) is 1.91. The molecule has 2 rings (SSSR count). The Balaban J connectivity index is 2.33. The summed E-state index contributed by atoms with van der Waals surface area (Å²) in [6.07, 6.45) is -3.81. The highest BCUT2D eigenvalue weighted by Gasteiger charge is 2.34. The van der Waals surface area contributed by atoms with E-state index in [9.17, 15) is 21.6 Å². The summed E-state index contributed by atoms with van der Waals surface area (Å²) in [5.41, 5.74) is 1.09. The van der Waals surface area contributed by atoms with E-state index in [1.54, 1.807) is 13.0 Å². The van der Waals surface area contributed by atoms with Gasteiger partial charge in [-0.2, -0.15) is 13.2 Å². The summed E-state index contributed by atoms with van der Waals surface area (Å²) in [5.74, 6) is 0. The van der Waals surface area contributed by atoms with E-state index in [1.165, 1.54) is 17.0 Å². The van der Waals surface area contributed by atoms with E-state index in [-0.39, 0.29) is 18.0 Å². The average molecular weight is 308 g/mol. The highest BCUT2D eigenvalue weighted by atomic mass is 32.2. The van der Waals surface area contributed by atoms with E-state index in [2.05, 4.69) is 4.72 Å². The van der Waals surface area contributed by atoms with Gasteiger partial charge in [0.15, 0.2) is 0 Å². The number of rotatable bonds is 4. The minimum Gasteiger partial charge on any atom is -0.362 e. The van der Waals surface area contributed by atoms with E-state index in [0.29, 0.717) is 12.1 Å². The topological polar surface area (TPSA) is 49.4 Å². The van der Waals surface area contributed by atoms with Crippen molar-refractivity contribution in [3.63, 3.8) is 0 Å². The lowest BCUT2D eigenvalue weighted by molar-refractivity contribution is -0.119. The Bertz CT molecular complexity index is 599. The predicted molar refractivity (Wildman–Crippen MR) is 69.3 cm³/mol. The first-order valence-corrected chi connectivity index (χ1v) is 7.65. The Morgan fingerprint density at radius 2 is 2.05 bits per heavy atom. The average Bonchev–Trinajstić information content (AvgIpc) is 2.69. The highest BCUT2D eigenvalue weighted by Crippen LogP contribution is 2.32. The first-order chi connectivity index (χ1) is 9.23. The molecule has 0 fully saturated rings. The maximum atomic E-state index is 12.5. The molecule has 0 amide bonds. The molecule has 8 heteroatoms. The van der Waals surface area contributed by atoms with Crippen LogP contribution in [-0.4, -0.2) is 34.2 Å². The number of halogens is 3. The van der Waals surface area contributed by atoms with Gasteiger partial charge in [0.25, 0.3) is 0 Å². The number of anilines is 1. The molecule has 4 nitrogen and oxygen atoms in total. The van der Waals surface area contributed by atoms with E-state index < -0.39 is 22.7 Å². The molecule has 1 N–H and O–H groups in total. The summed E-state index contributed by atoms with van der Waals surface area (Å²) >= 11 is 0. The van der Waals surface area contributed by atoms with Gasteiger partial charge < -0.3 is 4.90 Å². The van der Waals surface area contributed by atoms with Crippen molar-refractivity contribution in [1.82, 2.24) is 4.72 Å². The van der Waals surface area contributed by atoms with Gasteiger partial charge in [-0.05, 0) is 24.1 Å². The van der Waals surface area contributed by atoms with E-state index in [0.717, 1.165) is 5.56 Å². The Kier molecular flexibility index (Phi) is 3.97. The summed E-state index contributed by atoms with van der Waals surface area (Å²) in [4.78, 5) is 1.16. The fraction of sp³-hybridized carbons (Fsp3) is 0.500. The molecule has 1 heterocycles. The van der Waals surface area contributed by atoms with Crippen LogP contribution in [0.2, 0.25) is 0 Å². The van der Waals surface area contributed by atoms with Crippen LogP contribution in [-0.2, 0) is 16.4 Å². The molecule has 0 aliphatic carbocycles. The number of hydrogen-bond donors (Lipinski definition) is 1. The van der Waals surface area contributed by atoms with Gasteiger partial charge >= 0.3 is 6.18 Å². The minimum absolute atomic E-state index is 0.00725. The van der Waals surface area contributed by atoms with Crippen molar-refractivity contribution < 1.29 is 21.6 Å². The monoisotopic (exact) mass is 308 g/mol. The van der Waals surface area contributed by atoms with Crippen LogP contribution in [0.15, 0.2) is 23.1 Å². The highest BCUT2D eigenvalue weighted by molar-refractivity contribution is 7.89. The van der Waals surface area contributed by atoms with Crippen LogP contribution in [0, 0.1) is 0 Å². The van der Waals surface area contributed by atoms with Gasteiger partial charge in [0.1, 0.15) is 6.54 Å². The van der Waals surface area contributed by atoms with Gasteiger partial charge in [0, 0.05) is 18.8 Å². The standard InChI is InChI=1S/C12H15F3N2O2S/c1-2-16-20(18,19)10-4-3-9-5-6-17(11(9)7-10)8-12(13,14)15/h3-4,7,16H,2,5-6,8H2,1H3. The summed E-state index contributed by atoms with van der Waals surface area (Å²) in [6, 6.07) is 4.32. The van der Waals surface area contributed by atoms with Crippen molar-refractivity contribution in [2.75, 3.05) is 24.5 Å². The van der Waals surface area contributed by atoms with E-state index >= 15 is 0 Å². The smallest absolute Gasteiger partial charge is 0.362 e. The third kappa shape index (κ3) is 3.24.